The minimum Gasteiger partial charge on any atom is -0.489 e. The van der Waals surface area contributed by atoms with Crippen LogP contribution in [0.5, 0.6) is 5.75 Å². The van der Waals surface area contributed by atoms with Gasteiger partial charge in [-0.25, -0.2) is 0 Å². The number of hydrogen-bond acceptors (Lipinski definition) is 3. The minimum atomic E-state index is -0.332. The molecule has 0 amide bonds. The van der Waals surface area contributed by atoms with Crippen LogP contribution in [0.2, 0.25) is 5.02 Å². The summed E-state index contributed by atoms with van der Waals surface area (Å²) in [5.41, 5.74) is 8.22. The third-order valence-corrected chi connectivity index (χ3v) is 5.59. The molecule has 2 unspecified atom stereocenters. The van der Waals surface area contributed by atoms with Gasteiger partial charge < -0.3 is 10.5 Å². The van der Waals surface area contributed by atoms with E-state index >= 15 is 0 Å². The number of halogens is 1. The zero-order chi connectivity index (χ0) is 21.3. The summed E-state index contributed by atoms with van der Waals surface area (Å²) >= 11 is 8.10. The molecule has 0 saturated carbocycles. The molecule has 0 fully saturated rings. The number of hydrogen-bond donors (Lipinski definition) is 1. The van der Waals surface area contributed by atoms with Crippen LogP contribution >= 0.6 is 23.4 Å². The van der Waals surface area contributed by atoms with Crippen molar-refractivity contribution in [2.45, 2.75) is 48.6 Å². The normalized spacial score (nSPS) is 14.1. The van der Waals surface area contributed by atoms with Gasteiger partial charge in [0.2, 0.25) is 0 Å². The maximum Gasteiger partial charge on any atom is 0.120 e. The van der Waals surface area contributed by atoms with E-state index in [0.29, 0.717) is 24.5 Å². The van der Waals surface area contributed by atoms with Gasteiger partial charge in [-0.15, -0.1) is 0 Å². The van der Waals surface area contributed by atoms with Crippen LogP contribution in [0.1, 0.15) is 46.0 Å². The smallest absolute Gasteiger partial charge is 0.120 e. The molecule has 0 bridgehead atoms. The van der Waals surface area contributed by atoms with E-state index in [-0.39, 0.29) is 19.3 Å². The predicted molar refractivity (Wildman–Crippen MR) is 119 cm³/mol. The minimum absolute atomic E-state index is 0.248. The van der Waals surface area contributed by atoms with Crippen molar-refractivity contribution in [2.75, 3.05) is 0 Å². The van der Waals surface area contributed by atoms with Crippen molar-refractivity contribution in [3.63, 3.8) is 0 Å². The van der Waals surface area contributed by atoms with E-state index in [1.54, 1.807) is 11.8 Å². The molecule has 0 aliphatic heterocycles. The lowest BCUT2D eigenvalue weighted by Gasteiger charge is -2.14. The topological polar surface area (TPSA) is 35.2 Å². The molecule has 3 aromatic rings. The van der Waals surface area contributed by atoms with Crippen molar-refractivity contribution in [1.82, 2.24) is 0 Å². The highest BCUT2D eigenvalue weighted by Crippen LogP contribution is 2.34. The first kappa shape index (κ1) is 18.1. The van der Waals surface area contributed by atoms with Crippen molar-refractivity contribution in [3.8, 4) is 5.75 Å². The maximum atomic E-state index is 7.96. The summed E-state index contributed by atoms with van der Waals surface area (Å²) in [7, 11) is 0. The Morgan fingerprint density at radius 3 is 2.68 bits per heavy atom. The Labute approximate surface area is 179 Å². The van der Waals surface area contributed by atoms with Crippen molar-refractivity contribution < 1.29 is 7.48 Å². The van der Waals surface area contributed by atoms with E-state index in [2.05, 4.69) is 0 Å². The molecule has 0 heterocycles. The fourth-order valence-corrected chi connectivity index (χ4v) is 4.09. The lowest BCUT2D eigenvalue weighted by molar-refractivity contribution is 0.305. The van der Waals surface area contributed by atoms with E-state index in [1.165, 1.54) is 0 Å². The molecule has 2 atom stereocenters. The van der Waals surface area contributed by atoms with Crippen LogP contribution in [-0.4, -0.2) is 0 Å². The largest absolute Gasteiger partial charge is 0.489 e. The van der Waals surface area contributed by atoms with Gasteiger partial charge in [-0.3, -0.25) is 0 Å². The fraction of sp³-hybridized carbons (Fsp3) is 0.250. The molecule has 28 heavy (non-hydrogen) atoms. The molecule has 0 radical (unpaired) electrons. The highest BCUT2D eigenvalue weighted by atomic mass is 35.5. The van der Waals surface area contributed by atoms with Crippen LogP contribution in [-0.2, 0) is 6.61 Å². The van der Waals surface area contributed by atoms with Gasteiger partial charge >= 0.3 is 0 Å². The van der Waals surface area contributed by atoms with Gasteiger partial charge in [0.25, 0.3) is 0 Å². The van der Waals surface area contributed by atoms with E-state index in [1.807, 2.05) is 72.8 Å². The molecule has 0 aliphatic carbocycles. The van der Waals surface area contributed by atoms with Crippen LogP contribution in [0.15, 0.2) is 82.6 Å². The number of benzene rings is 3. The van der Waals surface area contributed by atoms with Crippen molar-refractivity contribution in [1.29, 1.82) is 0 Å². The maximum absolute atomic E-state index is 7.96. The third-order valence-electron chi connectivity index (χ3n) is 4.29. The quantitative estimate of drug-likeness (QED) is 0.400. The number of rotatable bonds is 9. The summed E-state index contributed by atoms with van der Waals surface area (Å²) in [6.07, 6.45) is 0.703. The van der Waals surface area contributed by atoms with Crippen LogP contribution in [0.3, 0.4) is 0 Å². The molecule has 0 aromatic heterocycles. The van der Waals surface area contributed by atoms with Crippen LogP contribution in [0.25, 0.3) is 0 Å². The summed E-state index contributed by atoms with van der Waals surface area (Å²) in [5.74, 6) is 0.824. The standard InChI is InChI=1S/C24H26ClNOS/c1-2-3-12-24(26)22-14-13-21(16-23(22)25)28-20-11-7-10-19(15-20)27-17-18-8-5-4-6-9-18/h4-11,13-16,24H,2-3,12,17,26H2,1H3/i1D,3D. The highest BCUT2D eigenvalue weighted by molar-refractivity contribution is 7.99. The van der Waals surface area contributed by atoms with Gasteiger partial charge in [0.15, 0.2) is 0 Å². The second-order valence-electron chi connectivity index (χ2n) is 6.45. The molecule has 0 saturated heterocycles. The summed E-state index contributed by atoms with van der Waals surface area (Å²) in [4.78, 5) is 2.08. The van der Waals surface area contributed by atoms with Crippen molar-refractivity contribution >= 4 is 23.4 Å². The number of nitrogens with two attached hydrogens (primary N) is 1. The van der Waals surface area contributed by atoms with E-state index < -0.39 is 0 Å². The van der Waals surface area contributed by atoms with E-state index in [0.717, 1.165) is 26.7 Å². The zero-order valence-electron chi connectivity index (χ0n) is 17.7. The Balaban J connectivity index is 1.62. The van der Waals surface area contributed by atoms with Gasteiger partial charge in [0.1, 0.15) is 12.4 Å². The van der Waals surface area contributed by atoms with Crippen LogP contribution in [0, 0.1) is 0 Å². The predicted octanol–water partition coefficient (Wildman–Crippen LogP) is 7.26. The monoisotopic (exact) mass is 413 g/mol. The van der Waals surface area contributed by atoms with Crippen molar-refractivity contribution in [2.24, 2.45) is 5.73 Å². The zero-order valence-corrected chi connectivity index (χ0v) is 17.3. The Bertz CT molecular complexity index is 941. The Kier molecular flexibility index (Phi) is 6.83. The first-order chi connectivity index (χ1) is 14.5. The van der Waals surface area contributed by atoms with E-state index in [9.17, 15) is 0 Å². The summed E-state index contributed by atoms with van der Waals surface area (Å²) in [6, 6.07) is 23.7. The molecule has 2 nitrogen and oxygen atoms in total. The van der Waals surface area contributed by atoms with Crippen LogP contribution < -0.4 is 10.5 Å². The summed E-state index contributed by atoms with van der Waals surface area (Å²) in [5, 5.41) is 0.613. The first-order valence-electron chi connectivity index (χ1n) is 10.5. The second-order valence-corrected chi connectivity index (χ2v) is 8.01. The van der Waals surface area contributed by atoms with Gasteiger partial charge in [-0.2, -0.15) is 0 Å². The number of ether oxygens (including phenoxy) is 1. The van der Waals surface area contributed by atoms with Gasteiger partial charge in [0, 0.05) is 23.6 Å². The lowest BCUT2D eigenvalue weighted by atomic mass is 10.0. The Morgan fingerprint density at radius 2 is 1.89 bits per heavy atom. The van der Waals surface area contributed by atoms with E-state index in [4.69, 9.17) is 24.8 Å². The SMILES string of the molecule is [2H]CCC([2H])CC(N)c1ccc(Sc2cccc(OCc3ccccc3)c2)cc1Cl. The first-order valence-corrected chi connectivity index (χ1v) is 10.5. The summed E-state index contributed by atoms with van der Waals surface area (Å²) < 4.78 is 21.1. The molecule has 146 valence electrons. The average molecular weight is 414 g/mol. The lowest BCUT2D eigenvalue weighted by Crippen LogP contribution is -2.10. The molecule has 0 spiro atoms. The summed E-state index contributed by atoms with van der Waals surface area (Å²) in [6.45, 7) is 0.781. The molecule has 3 aromatic carbocycles. The van der Waals surface area contributed by atoms with Crippen LogP contribution in [0.4, 0.5) is 0 Å². The second kappa shape index (κ2) is 10.6. The van der Waals surface area contributed by atoms with Gasteiger partial charge in [-0.1, -0.05) is 85.5 Å². The molecular formula is C24H26ClNOS. The highest BCUT2D eigenvalue weighted by Gasteiger charge is 2.11. The van der Waals surface area contributed by atoms with Crippen molar-refractivity contribution in [3.05, 3.63) is 88.9 Å². The third kappa shape index (κ3) is 6.03. The molecule has 4 heteroatoms. The fourth-order valence-electron chi connectivity index (χ4n) is 2.80. The van der Waals surface area contributed by atoms with Gasteiger partial charge in [-0.05, 0) is 47.9 Å². The molecular weight excluding hydrogens is 386 g/mol. The van der Waals surface area contributed by atoms with Gasteiger partial charge in [0.05, 0.1) is 0 Å². The molecule has 0 aliphatic rings. The molecule has 2 N–H and O–H groups in total. The average Bonchev–Trinajstić information content (AvgIpc) is 2.73. The Hall–Kier alpha value is -1.94. The molecule has 3 rings (SSSR count). The Morgan fingerprint density at radius 1 is 1.07 bits per heavy atom.